The third kappa shape index (κ3) is 5.52. The standard InChI is InChI=1S/C23H29ClN4O2/c1-16-14-19(25-21(29)17-6-5-7-18(24)15-17)8-9-20(16)26-22(30)27-10-12-28(13-11-27)23(2,3)4/h5-9,14-15H,10-13H2,1-4H3,(H,25,29)(H,26,30). The molecule has 3 amide bonds. The van der Waals surface area contributed by atoms with Gasteiger partial charge in [0, 0.05) is 53.7 Å². The monoisotopic (exact) mass is 428 g/mol. The average Bonchev–Trinajstić information content (AvgIpc) is 2.69. The molecule has 1 aliphatic heterocycles. The number of halogens is 1. The minimum absolute atomic E-state index is 0.0950. The number of aryl methyl sites for hydroxylation is 1. The molecule has 1 heterocycles. The van der Waals surface area contributed by atoms with Gasteiger partial charge in [0.15, 0.2) is 0 Å². The van der Waals surface area contributed by atoms with Crippen LogP contribution in [0.25, 0.3) is 0 Å². The van der Waals surface area contributed by atoms with Gasteiger partial charge in [-0.3, -0.25) is 9.69 Å². The third-order valence-corrected chi connectivity index (χ3v) is 5.56. The van der Waals surface area contributed by atoms with Crippen molar-refractivity contribution in [3.05, 3.63) is 58.6 Å². The van der Waals surface area contributed by atoms with Gasteiger partial charge in [-0.05, 0) is 69.7 Å². The number of nitrogens with one attached hydrogen (secondary N) is 2. The van der Waals surface area contributed by atoms with Crippen molar-refractivity contribution in [3.8, 4) is 0 Å². The van der Waals surface area contributed by atoms with Gasteiger partial charge in [0.2, 0.25) is 0 Å². The Morgan fingerprint density at radius 1 is 0.967 bits per heavy atom. The lowest BCUT2D eigenvalue weighted by Crippen LogP contribution is -2.55. The second kappa shape index (κ2) is 9.06. The number of hydrogen-bond donors (Lipinski definition) is 2. The van der Waals surface area contributed by atoms with Crippen LogP contribution >= 0.6 is 11.6 Å². The Hall–Kier alpha value is -2.57. The molecule has 6 nitrogen and oxygen atoms in total. The Labute approximate surface area is 183 Å². The molecule has 2 aromatic carbocycles. The molecule has 1 fully saturated rings. The molecule has 160 valence electrons. The first-order chi connectivity index (χ1) is 14.1. The zero-order chi connectivity index (χ0) is 21.9. The Bertz CT molecular complexity index is 931. The highest BCUT2D eigenvalue weighted by Gasteiger charge is 2.27. The maximum Gasteiger partial charge on any atom is 0.321 e. The largest absolute Gasteiger partial charge is 0.322 e. The molecule has 0 bridgehead atoms. The van der Waals surface area contributed by atoms with E-state index in [-0.39, 0.29) is 17.5 Å². The van der Waals surface area contributed by atoms with Crippen LogP contribution in [0, 0.1) is 6.92 Å². The first-order valence-corrected chi connectivity index (χ1v) is 10.5. The fraction of sp³-hybridized carbons (Fsp3) is 0.391. The lowest BCUT2D eigenvalue weighted by molar-refractivity contribution is 0.0774. The zero-order valence-corrected chi connectivity index (χ0v) is 18.7. The number of hydrogen-bond acceptors (Lipinski definition) is 3. The molecular formula is C23H29ClN4O2. The number of piperazine rings is 1. The second-order valence-corrected chi connectivity index (χ2v) is 9.01. The summed E-state index contributed by atoms with van der Waals surface area (Å²) in [6.07, 6.45) is 0. The Balaban J connectivity index is 1.59. The van der Waals surface area contributed by atoms with E-state index in [9.17, 15) is 9.59 Å². The minimum atomic E-state index is -0.231. The van der Waals surface area contributed by atoms with Gasteiger partial charge in [0.1, 0.15) is 0 Å². The minimum Gasteiger partial charge on any atom is -0.322 e. The number of urea groups is 1. The SMILES string of the molecule is Cc1cc(NC(=O)c2cccc(Cl)c2)ccc1NC(=O)N1CCN(C(C)(C)C)CC1. The number of amides is 3. The highest BCUT2D eigenvalue weighted by atomic mass is 35.5. The van der Waals surface area contributed by atoms with Gasteiger partial charge in [0.25, 0.3) is 5.91 Å². The first-order valence-electron chi connectivity index (χ1n) is 10.1. The van der Waals surface area contributed by atoms with Crippen molar-refractivity contribution >= 4 is 34.9 Å². The highest BCUT2D eigenvalue weighted by Crippen LogP contribution is 2.22. The lowest BCUT2D eigenvalue weighted by Gasteiger charge is -2.42. The number of nitrogens with zero attached hydrogens (tertiary/aromatic N) is 2. The van der Waals surface area contributed by atoms with Crippen molar-refractivity contribution in [1.29, 1.82) is 0 Å². The predicted octanol–water partition coefficient (Wildman–Crippen LogP) is 4.85. The summed E-state index contributed by atoms with van der Waals surface area (Å²) < 4.78 is 0. The quantitative estimate of drug-likeness (QED) is 0.734. The van der Waals surface area contributed by atoms with Crippen molar-refractivity contribution in [2.45, 2.75) is 33.2 Å². The summed E-state index contributed by atoms with van der Waals surface area (Å²) in [5.74, 6) is -0.231. The molecule has 2 N–H and O–H groups in total. The summed E-state index contributed by atoms with van der Waals surface area (Å²) in [6, 6.07) is 12.1. The van der Waals surface area contributed by atoms with Gasteiger partial charge in [-0.25, -0.2) is 4.79 Å². The number of carbonyl (C=O) groups excluding carboxylic acids is 2. The van der Waals surface area contributed by atoms with E-state index in [2.05, 4.69) is 36.3 Å². The van der Waals surface area contributed by atoms with Crippen LogP contribution in [0.5, 0.6) is 0 Å². The molecule has 0 aromatic heterocycles. The van der Waals surface area contributed by atoms with Crippen LogP contribution < -0.4 is 10.6 Å². The van der Waals surface area contributed by atoms with Crippen LogP contribution in [0.3, 0.4) is 0 Å². The molecule has 30 heavy (non-hydrogen) atoms. The van der Waals surface area contributed by atoms with Crippen molar-refractivity contribution < 1.29 is 9.59 Å². The molecule has 0 unspecified atom stereocenters. The number of rotatable bonds is 3. The first kappa shape index (κ1) is 22.1. The Kier molecular flexibility index (Phi) is 6.68. The van der Waals surface area contributed by atoms with E-state index >= 15 is 0 Å². The van der Waals surface area contributed by atoms with E-state index in [1.54, 1.807) is 30.3 Å². The second-order valence-electron chi connectivity index (χ2n) is 8.57. The van der Waals surface area contributed by atoms with Crippen LogP contribution in [0.15, 0.2) is 42.5 Å². The number of benzene rings is 2. The summed E-state index contributed by atoms with van der Waals surface area (Å²) in [7, 11) is 0. The molecule has 1 aliphatic rings. The van der Waals surface area contributed by atoms with E-state index < -0.39 is 0 Å². The summed E-state index contributed by atoms with van der Waals surface area (Å²) >= 11 is 5.95. The highest BCUT2D eigenvalue weighted by molar-refractivity contribution is 6.31. The fourth-order valence-corrected chi connectivity index (χ4v) is 3.68. The maximum atomic E-state index is 12.7. The smallest absolute Gasteiger partial charge is 0.321 e. The van der Waals surface area contributed by atoms with E-state index in [1.165, 1.54) is 0 Å². The topological polar surface area (TPSA) is 64.7 Å². The van der Waals surface area contributed by atoms with Crippen molar-refractivity contribution in [1.82, 2.24) is 9.80 Å². The molecule has 0 radical (unpaired) electrons. The van der Waals surface area contributed by atoms with Crippen LogP contribution in [0.4, 0.5) is 16.2 Å². The lowest BCUT2D eigenvalue weighted by atomic mass is 10.1. The predicted molar refractivity (Wildman–Crippen MR) is 123 cm³/mol. The van der Waals surface area contributed by atoms with E-state index in [0.717, 1.165) is 24.3 Å². The molecule has 7 heteroatoms. The number of anilines is 2. The molecule has 0 atom stereocenters. The third-order valence-electron chi connectivity index (χ3n) is 5.33. The molecular weight excluding hydrogens is 400 g/mol. The van der Waals surface area contributed by atoms with Crippen LogP contribution in [0.1, 0.15) is 36.7 Å². The molecule has 0 spiro atoms. The van der Waals surface area contributed by atoms with Crippen LogP contribution in [-0.4, -0.2) is 53.5 Å². The van der Waals surface area contributed by atoms with Gasteiger partial charge >= 0.3 is 6.03 Å². The summed E-state index contributed by atoms with van der Waals surface area (Å²) in [6.45, 7) is 11.6. The molecule has 2 aromatic rings. The molecule has 3 rings (SSSR count). The van der Waals surface area contributed by atoms with E-state index in [1.807, 2.05) is 24.0 Å². The Morgan fingerprint density at radius 2 is 1.67 bits per heavy atom. The maximum absolute atomic E-state index is 12.7. The van der Waals surface area contributed by atoms with E-state index in [0.29, 0.717) is 29.4 Å². The van der Waals surface area contributed by atoms with Gasteiger partial charge in [-0.15, -0.1) is 0 Å². The fourth-order valence-electron chi connectivity index (χ4n) is 3.49. The van der Waals surface area contributed by atoms with E-state index in [4.69, 9.17) is 11.6 Å². The van der Waals surface area contributed by atoms with Crippen molar-refractivity contribution in [3.63, 3.8) is 0 Å². The summed E-state index contributed by atoms with van der Waals surface area (Å²) in [5, 5.41) is 6.37. The Morgan fingerprint density at radius 3 is 2.27 bits per heavy atom. The number of carbonyl (C=O) groups is 2. The van der Waals surface area contributed by atoms with Crippen LogP contribution in [0.2, 0.25) is 5.02 Å². The average molecular weight is 429 g/mol. The zero-order valence-electron chi connectivity index (χ0n) is 18.0. The molecule has 0 saturated carbocycles. The molecule has 1 saturated heterocycles. The van der Waals surface area contributed by atoms with Gasteiger partial charge < -0.3 is 15.5 Å². The summed E-state index contributed by atoms with van der Waals surface area (Å²) in [5.41, 5.74) is 2.88. The summed E-state index contributed by atoms with van der Waals surface area (Å²) in [4.78, 5) is 29.3. The van der Waals surface area contributed by atoms with Crippen molar-refractivity contribution in [2.75, 3.05) is 36.8 Å². The van der Waals surface area contributed by atoms with Crippen molar-refractivity contribution in [2.24, 2.45) is 0 Å². The van der Waals surface area contributed by atoms with Gasteiger partial charge in [-0.2, -0.15) is 0 Å². The van der Waals surface area contributed by atoms with Gasteiger partial charge in [-0.1, -0.05) is 17.7 Å². The normalized spacial score (nSPS) is 15.0. The molecule has 0 aliphatic carbocycles. The van der Waals surface area contributed by atoms with Crippen LogP contribution in [-0.2, 0) is 0 Å². The van der Waals surface area contributed by atoms with Gasteiger partial charge in [0.05, 0.1) is 0 Å².